The van der Waals surface area contributed by atoms with Crippen LogP contribution in [0.15, 0.2) is 18.2 Å². The van der Waals surface area contributed by atoms with E-state index < -0.39 is 12.0 Å². The summed E-state index contributed by atoms with van der Waals surface area (Å²) in [7, 11) is 1.68. The summed E-state index contributed by atoms with van der Waals surface area (Å²) in [6, 6.07) is 5.64. The molecular formula is C16H22N2O4S. The lowest BCUT2D eigenvalue weighted by Gasteiger charge is -2.27. The van der Waals surface area contributed by atoms with Crippen molar-refractivity contribution < 1.29 is 19.4 Å². The number of rotatable bonds is 5. The van der Waals surface area contributed by atoms with Crippen molar-refractivity contribution in [2.24, 2.45) is 0 Å². The fourth-order valence-electron chi connectivity index (χ4n) is 2.89. The number of benzene rings is 1. The van der Waals surface area contributed by atoms with Gasteiger partial charge >= 0.3 is 5.97 Å². The minimum Gasteiger partial charge on any atom is -0.496 e. The van der Waals surface area contributed by atoms with Crippen LogP contribution in [0.1, 0.15) is 16.5 Å². The monoisotopic (exact) mass is 338 g/mol. The van der Waals surface area contributed by atoms with Crippen molar-refractivity contribution in [2.75, 3.05) is 39.2 Å². The molecule has 0 aromatic heterocycles. The summed E-state index contributed by atoms with van der Waals surface area (Å²) >= 11 is 1.63. The van der Waals surface area contributed by atoms with Crippen molar-refractivity contribution in [1.29, 1.82) is 0 Å². The second-order valence-electron chi connectivity index (χ2n) is 5.73. The summed E-state index contributed by atoms with van der Waals surface area (Å²) in [4.78, 5) is 13.4. The molecule has 7 heteroatoms. The molecule has 0 bridgehead atoms. The molecule has 2 N–H and O–H groups in total. The van der Waals surface area contributed by atoms with E-state index in [-0.39, 0.29) is 5.37 Å². The Hall–Kier alpha value is -1.28. The van der Waals surface area contributed by atoms with Gasteiger partial charge in [0.15, 0.2) is 0 Å². The zero-order valence-electron chi connectivity index (χ0n) is 13.2. The van der Waals surface area contributed by atoms with E-state index in [1.54, 1.807) is 18.9 Å². The van der Waals surface area contributed by atoms with Crippen molar-refractivity contribution >= 4 is 17.7 Å². The number of carboxylic acid groups (broad SMARTS) is 1. The van der Waals surface area contributed by atoms with Crippen LogP contribution in [-0.2, 0) is 16.1 Å². The largest absolute Gasteiger partial charge is 0.496 e. The zero-order valence-corrected chi connectivity index (χ0v) is 14.0. The van der Waals surface area contributed by atoms with Gasteiger partial charge in [-0.15, -0.1) is 11.8 Å². The first-order chi connectivity index (χ1) is 11.2. The SMILES string of the molecule is COc1ccc([C@@H]2N[C@H](C(=O)O)CS2)cc1CN1CCOCC1. The topological polar surface area (TPSA) is 71.0 Å². The normalized spacial score (nSPS) is 25.4. The molecule has 2 fully saturated rings. The number of hydrogen-bond donors (Lipinski definition) is 2. The molecule has 6 nitrogen and oxygen atoms in total. The summed E-state index contributed by atoms with van der Waals surface area (Å²) < 4.78 is 10.9. The molecule has 3 rings (SSSR count). The van der Waals surface area contributed by atoms with Crippen molar-refractivity contribution in [1.82, 2.24) is 10.2 Å². The van der Waals surface area contributed by atoms with Gasteiger partial charge in [-0.1, -0.05) is 6.07 Å². The van der Waals surface area contributed by atoms with Gasteiger partial charge in [0.05, 0.1) is 25.7 Å². The van der Waals surface area contributed by atoms with E-state index in [0.29, 0.717) is 5.75 Å². The summed E-state index contributed by atoms with van der Waals surface area (Å²) in [5, 5.41) is 12.3. The van der Waals surface area contributed by atoms with E-state index in [1.165, 1.54) is 0 Å². The Morgan fingerprint density at radius 3 is 2.91 bits per heavy atom. The molecular weight excluding hydrogens is 316 g/mol. The second-order valence-corrected chi connectivity index (χ2v) is 6.87. The third-order valence-corrected chi connectivity index (χ3v) is 5.45. The second kappa shape index (κ2) is 7.53. The van der Waals surface area contributed by atoms with Crippen molar-refractivity contribution in [3.63, 3.8) is 0 Å². The Bertz CT molecular complexity index is 563. The van der Waals surface area contributed by atoms with Crippen LogP contribution >= 0.6 is 11.8 Å². The molecule has 2 heterocycles. The van der Waals surface area contributed by atoms with Crippen LogP contribution in [-0.4, -0.2) is 61.2 Å². The molecule has 0 radical (unpaired) electrons. The third kappa shape index (κ3) is 3.98. The maximum atomic E-state index is 11.1. The maximum absolute atomic E-state index is 11.1. The fraction of sp³-hybridized carbons (Fsp3) is 0.562. The molecule has 2 saturated heterocycles. The van der Waals surface area contributed by atoms with Gasteiger partial charge in [0.25, 0.3) is 0 Å². The highest BCUT2D eigenvalue weighted by molar-refractivity contribution is 7.99. The molecule has 2 atom stereocenters. The van der Waals surface area contributed by atoms with Gasteiger partial charge in [-0.2, -0.15) is 0 Å². The maximum Gasteiger partial charge on any atom is 0.321 e. The van der Waals surface area contributed by atoms with Gasteiger partial charge in [-0.05, 0) is 17.7 Å². The fourth-order valence-corrected chi connectivity index (χ4v) is 4.12. The quantitative estimate of drug-likeness (QED) is 0.839. The van der Waals surface area contributed by atoms with Gasteiger partial charge in [-0.3, -0.25) is 15.0 Å². The van der Waals surface area contributed by atoms with Crippen LogP contribution in [0, 0.1) is 0 Å². The van der Waals surface area contributed by atoms with Crippen LogP contribution in [0.3, 0.4) is 0 Å². The van der Waals surface area contributed by atoms with Gasteiger partial charge in [-0.25, -0.2) is 0 Å². The average molecular weight is 338 g/mol. The van der Waals surface area contributed by atoms with E-state index in [9.17, 15) is 4.79 Å². The lowest BCUT2D eigenvalue weighted by atomic mass is 10.1. The van der Waals surface area contributed by atoms with Crippen LogP contribution in [0.25, 0.3) is 0 Å². The first-order valence-electron chi connectivity index (χ1n) is 7.75. The molecule has 0 saturated carbocycles. The molecule has 126 valence electrons. The lowest BCUT2D eigenvalue weighted by Crippen LogP contribution is -2.36. The van der Waals surface area contributed by atoms with Gasteiger partial charge in [0.2, 0.25) is 0 Å². The number of methoxy groups -OCH3 is 1. The predicted octanol–water partition coefficient (Wildman–Crippen LogP) is 1.32. The molecule has 23 heavy (non-hydrogen) atoms. The predicted molar refractivity (Wildman–Crippen MR) is 88.8 cm³/mol. The van der Waals surface area contributed by atoms with Gasteiger partial charge in [0, 0.05) is 31.0 Å². The Morgan fingerprint density at radius 1 is 1.48 bits per heavy atom. The molecule has 0 amide bonds. The molecule has 2 aliphatic rings. The summed E-state index contributed by atoms with van der Waals surface area (Å²) in [5.41, 5.74) is 2.23. The number of carbonyl (C=O) groups is 1. The minimum absolute atomic E-state index is 0.0189. The van der Waals surface area contributed by atoms with Crippen molar-refractivity contribution in [2.45, 2.75) is 18.0 Å². The first kappa shape index (κ1) is 16.6. The molecule has 0 spiro atoms. The molecule has 0 aliphatic carbocycles. The van der Waals surface area contributed by atoms with Gasteiger partial charge < -0.3 is 14.6 Å². The zero-order chi connectivity index (χ0) is 16.2. The van der Waals surface area contributed by atoms with E-state index in [0.717, 1.165) is 49.7 Å². The van der Waals surface area contributed by atoms with E-state index in [1.807, 2.05) is 12.1 Å². The summed E-state index contributed by atoms with van der Waals surface area (Å²) in [6.45, 7) is 4.20. The summed E-state index contributed by atoms with van der Waals surface area (Å²) in [6.07, 6.45) is 0. The van der Waals surface area contributed by atoms with Crippen molar-refractivity contribution in [3.8, 4) is 5.75 Å². The Morgan fingerprint density at radius 2 is 2.26 bits per heavy atom. The van der Waals surface area contributed by atoms with Crippen LogP contribution in [0.4, 0.5) is 0 Å². The lowest BCUT2D eigenvalue weighted by molar-refractivity contribution is -0.138. The number of thioether (sulfide) groups is 1. The number of hydrogen-bond acceptors (Lipinski definition) is 6. The Labute approximate surface area is 140 Å². The number of carboxylic acids is 1. The van der Waals surface area contributed by atoms with E-state index in [2.05, 4.69) is 16.3 Å². The minimum atomic E-state index is -0.790. The number of morpholine rings is 1. The number of nitrogens with one attached hydrogen (secondary N) is 1. The molecule has 1 aromatic rings. The molecule has 0 unspecified atom stereocenters. The van der Waals surface area contributed by atoms with Crippen LogP contribution in [0.2, 0.25) is 0 Å². The number of nitrogens with zero attached hydrogens (tertiary/aromatic N) is 1. The third-order valence-electron chi connectivity index (χ3n) is 4.19. The highest BCUT2D eigenvalue weighted by atomic mass is 32.2. The van der Waals surface area contributed by atoms with Crippen molar-refractivity contribution in [3.05, 3.63) is 29.3 Å². The van der Waals surface area contributed by atoms with E-state index in [4.69, 9.17) is 14.6 Å². The highest BCUT2D eigenvalue weighted by Gasteiger charge is 2.30. The first-order valence-corrected chi connectivity index (χ1v) is 8.79. The molecule has 2 aliphatic heterocycles. The van der Waals surface area contributed by atoms with Gasteiger partial charge in [0.1, 0.15) is 11.8 Å². The number of ether oxygens (including phenoxy) is 2. The molecule has 1 aromatic carbocycles. The Balaban J connectivity index is 1.74. The van der Waals surface area contributed by atoms with Crippen LogP contribution < -0.4 is 10.1 Å². The van der Waals surface area contributed by atoms with E-state index >= 15 is 0 Å². The average Bonchev–Trinajstić information content (AvgIpc) is 3.06. The smallest absolute Gasteiger partial charge is 0.321 e. The van der Waals surface area contributed by atoms with Crippen LogP contribution in [0.5, 0.6) is 5.75 Å². The Kier molecular flexibility index (Phi) is 5.42. The highest BCUT2D eigenvalue weighted by Crippen LogP contribution is 2.35. The number of aliphatic carboxylic acids is 1. The standard InChI is InChI=1S/C16H22N2O4S/c1-21-14-3-2-11(15-17-13(10-23-15)16(19)20)8-12(14)9-18-4-6-22-7-5-18/h2-3,8,13,15,17H,4-7,9-10H2,1H3,(H,19,20)/t13-,15+/m0/s1. The summed E-state index contributed by atoms with van der Waals surface area (Å²) in [5.74, 6) is 0.672.